The summed E-state index contributed by atoms with van der Waals surface area (Å²) in [5.41, 5.74) is 4.25. The Morgan fingerprint density at radius 3 is 2.37 bits per heavy atom. The third-order valence-electron chi connectivity index (χ3n) is 7.46. The molecule has 4 aromatic rings. The van der Waals surface area contributed by atoms with Gasteiger partial charge in [0.05, 0.1) is 22.3 Å². The molecule has 1 heterocycles. The molecule has 0 saturated heterocycles. The van der Waals surface area contributed by atoms with Gasteiger partial charge < -0.3 is 20.7 Å². The zero-order chi connectivity index (χ0) is 33.1. The summed E-state index contributed by atoms with van der Waals surface area (Å²) in [6.07, 6.45) is 3.05. The Kier molecular flexibility index (Phi) is 9.64. The molecule has 1 aliphatic carbocycles. The number of carbonyl (C=O) groups excluding carboxylic acids is 2. The second kappa shape index (κ2) is 13.5. The van der Waals surface area contributed by atoms with Crippen molar-refractivity contribution in [2.24, 2.45) is 5.92 Å². The highest BCUT2D eigenvalue weighted by Gasteiger charge is 2.25. The fraction of sp³-hybridized carbons (Fsp3) is 0.343. The van der Waals surface area contributed by atoms with Crippen molar-refractivity contribution in [3.63, 3.8) is 0 Å². The number of hydrogen-bond acceptors (Lipinski definition) is 7. The van der Waals surface area contributed by atoms with Crippen molar-refractivity contribution in [1.29, 1.82) is 0 Å². The van der Waals surface area contributed by atoms with Crippen LogP contribution in [0.2, 0.25) is 0 Å². The standard InChI is InChI=1S/C35H41N5O5S/c1-23-17-31(40(39-23)29-13-6-9-25(18-29)22-37-34(42)45-35(2,3)4)33(41)38-28-12-7-10-26(19-28)32(36-21-24-15-16-24)27-11-8-14-30(20-27)46(5,43)44/h6-14,17-20,24,32,36H,15-16,21-22H2,1-5H3,(H,37,42)(H,38,41). The van der Waals surface area contributed by atoms with Crippen LogP contribution < -0.4 is 16.0 Å². The number of aromatic nitrogens is 2. The number of anilines is 1. The Morgan fingerprint density at radius 2 is 1.67 bits per heavy atom. The molecule has 1 atom stereocenters. The van der Waals surface area contributed by atoms with Crippen LogP contribution in [-0.2, 0) is 21.1 Å². The van der Waals surface area contributed by atoms with Crippen LogP contribution in [0.4, 0.5) is 10.5 Å². The summed E-state index contributed by atoms with van der Waals surface area (Å²) < 4.78 is 31.5. The highest BCUT2D eigenvalue weighted by molar-refractivity contribution is 7.90. The molecule has 11 heteroatoms. The summed E-state index contributed by atoms with van der Waals surface area (Å²) in [5, 5.41) is 14.0. The SMILES string of the molecule is Cc1cc(C(=O)Nc2cccc(C(NCC3CC3)c3cccc(S(C)(=O)=O)c3)c2)n(-c2cccc(CNC(=O)OC(C)(C)C)c2)n1. The smallest absolute Gasteiger partial charge is 0.407 e. The van der Waals surface area contributed by atoms with Crippen LogP contribution in [0.1, 0.15) is 72.5 Å². The van der Waals surface area contributed by atoms with Gasteiger partial charge in [-0.15, -0.1) is 0 Å². The van der Waals surface area contributed by atoms with Gasteiger partial charge in [-0.25, -0.2) is 17.9 Å². The molecule has 1 aromatic heterocycles. The van der Waals surface area contributed by atoms with Gasteiger partial charge in [-0.2, -0.15) is 5.10 Å². The molecular weight excluding hydrogens is 602 g/mol. The molecule has 10 nitrogen and oxygen atoms in total. The Balaban J connectivity index is 1.36. The van der Waals surface area contributed by atoms with E-state index in [-0.39, 0.29) is 23.4 Å². The van der Waals surface area contributed by atoms with Gasteiger partial charge in [-0.05, 0) is 112 Å². The summed E-state index contributed by atoms with van der Waals surface area (Å²) in [6, 6.07) is 23.5. The van der Waals surface area contributed by atoms with Crippen LogP contribution in [0.5, 0.6) is 0 Å². The lowest BCUT2D eigenvalue weighted by molar-refractivity contribution is 0.0523. The average molecular weight is 644 g/mol. The van der Waals surface area contributed by atoms with E-state index in [1.165, 1.54) is 19.1 Å². The molecule has 1 saturated carbocycles. The normalized spacial score (nSPS) is 14.0. The van der Waals surface area contributed by atoms with E-state index < -0.39 is 21.5 Å². The minimum absolute atomic E-state index is 0.250. The first-order valence-corrected chi connectivity index (χ1v) is 17.2. The van der Waals surface area contributed by atoms with Gasteiger partial charge in [-0.3, -0.25) is 4.79 Å². The first-order chi connectivity index (χ1) is 21.7. The lowest BCUT2D eigenvalue weighted by Gasteiger charge is -2.21. The van der Waals surface area contributed by atoms with Crippen LogP contribution in [0.25, 0.3) is 5.69 Å². The van der Waals surface area contributed by atoms with E-state index in [0.717, 1.165) is 23.2 Å². The van der Waals surface area contributed by atoms with Crippen LogP contribution in [0.3, 0.4) is 0 Å². The van der Waals surface area contributed by atoms with Gasteiger partial charge in [0.2, 0.25) is 0 Å². The van der Waals surface area contributed by atoms with E-state index in [2.05, 4.69) is 21.0 Å². The van der Waals surface area contributed by atoms with Crippen molar-refractivity contribution in [2.45, 2.75) is 63.6 Å². The number of rotatable bonds is 11. The number of nitrogens with one attached hydrogen (secondary N) is 3. The second-order valence-corrected chi connectivity index (χ2v) is 14.8. The van der Waals surface area contributed by atoms with Crippen LogP contribution in [0.15, 0.2) is 83.8 Å². The minimum atomic E-state index is -3.37. The zero-order valence-corrected chi connectivity index (χ0v) is 27.6. The summed E-state index contributed by atoms with van der Waals surface area (Å²) in [6.45, 7) is 8.30. The van der Waals surface area contributed by atoms with Crippen molar-refractivity contribution < 1.29 is 22.7 Å². The number of amides is 2. The third kappa shape index (κ3) is 8.82. The summed E-state index contributed by atoms with van der Waals surface area (Å²) in [4.78, 5) is 26.1. The molecule has 46 heavy (non-hydrogen) atoms. The van der Waals surface area contributed by atoms with E-state index in [9.17, 15) is 18.0 Å². The van der Waals surface area contributed by atoms with Crippen molar-refractivity contribution in [1.82, 2.24) is 20.4 Å². The van der Waals surface area contributed by atoms with Crippen LogP contribution >= 0.6 is 0 Å². The molecule has 1 unspecified atom stereocenters. The molecule has 1 fully saturated rings. The molecule has 0 radical (unpaired) electrons. The molecule has 242 valence electrons. The molecule has 3 N–H and O–H groups in total. The van der Waals surface area contributed by atoms with Gasteiger partial charge in [0.25, 0.3) is 5.91 Å². The number of carbonyl (C=O) groups is 2. The highest BCUT2D eigenvalue weighted by Crippen LogP contribution is 2.31. The molecule has 2 amide bonds. The quantitative estimate of drug-likeness (QED) is 0.184. The molecule has 0 bridgehead atoms. The Labute approximate surface area is 270 Å². The molecule has 0 aliphatic heterocycles. The molecular formula is C35H41N5O5S. The number of hydrogen-bond donors (Lipinski definition) is 3. The van der Waals surface area contributed by atoms with Gasteiger partial charge in [0, 0.05) is 18.5 Å². The number of alkyl carbamates (subject to hydrolysis) is 1. The maximum atomic E-state index is 13.7. The maximum Gasteiger partial charge on any atom is 0.407 e. The zero-order valence-electron chi connectivity index (χ0n) is 26.8. The summed E-state index contributed by atoms with van der Waals surface area (Å²) in [5.74, 6) is 0.273. The number of nitrogens with zero attached hydrogens (tertiary/aromatic N) is 2. The van der Waals surface area contributed by atoms with E-state index in [4.69, 9.17) is 4.74 Å². The van der Waals surface area contributed by atoms with E-state index >= 15 is 0 Å². The number of ether oxygens (including phenoxy) is 1. The molecule has 0 spiro atoms. The van der Waals surface area contributed by atoms with E-state index in [0.29, 0.717) is 28.7 Å². The van der Waals surface area contributed by atoms with Crippen molar-refractivity contribution in [3.05, 3.63) is 107 Å². The van der Waals surface area contributed by atoms with Gasteiger partial charge in [0.1, 0.15) is 11.3 Å². The van der Waals surface area contributed by atoms with Crippen molar-refractivity contribution >= 4 is 27.5 Å². The largest absolute Gasteiger partial charge is 0.444 e. The second-order valence-electron chi connectivity index (χ2n) is 12.8. The fourth-order valence-electron chi connectivity index (χ4n) is 5.10. The molecule has 3 aromatic carbocycles. The Morgan fingerprint density at radius 1 is 0.978 bits per heavy atom. The average Bonchev–Trinajstić information content (AvgIpc) is 3.73. The topological polar surface area (TPSA) is 131 Å². The lowest BCUT2D eigenvalue weighted by Crippen LogP contribution is -2.32. The first-order valence-electron chi connectivity index (χ1n) is 15.3. The van der Waals surface area contributed by atoms with Gasteiger partial charge in [-0.1, -0.05) is 36.4 Å². The van der Waals surface area contributed by atoms with Crippen LogP contribution in [-0.4, -0.2) is 48.6 Å². The van der Waals surface area contributed by atoms with Gasteiger partial charge in [0.15, 0.2) is 9.84 Å². The third-order valence-corrected chi connectivity index (χ3v) is 8.57. The van der Waals surface area contributed by atoms with Gasteiger partial charge >= 0.3 is 6.09 Å². The van der Waals surface area contributed by atoms with Crippen molar-refractivity contribution in [2.75, 3.05) is 18.1 Å². The Bertz CT molecular complexity index is 1840. The molecule has 5 rings (SSSR count). The minimum Gasteiger partial charge on any atom is -0.444 e. The monoisotopic (exact) mass is 643 g/mol. The molecule has 1 aliphatic rings. The lowest BCUT2D eigenvalue weighted by atomic mass is 9.98. The predicted octanol–water partition coefficient (Wildman–Crippen LogP) is 5.95. The number of sulfone groups is 1. The summed E-state index contributed by atoms with van der Waals surface area (Å²) in [7, 11) is -3.37. The van der Waals surface area contributed by atoms with E-state index in [1.807, 2.05) is 61.5 Å². The number of benzene rings is 3. The fourth-order valence-corrected chi connectivity index (χ4v) is 5.77. The predicted molar refractivity (Wildman–Crippen MR) is 178 cm³/mol. The summed E-state index contributed by atoms with van der Waals surface area (Å²) >= 11 is 0. The number of aryl methyl sites for hydroxylation is 1. The van der Waals surface area contributed by atoms with Crippen molar-refractivity contribution in [3.8, 4) is 5.69 Å². The highest BCUT2D eigenvalue weighted by atomic mass is 32.2. The maximum absolute atomic E-state index is 13.7. The Hall–Kier alpha value is -4.48. The first kappa shape index (κ1) is 32.9. The van der Waals surface area contributed by atoms with E-state index in [1.54, 1.807) is 49.7 Å². The van der Waals surface area contributed by atoms with Crippen LogP contribution in [0, 0.1) is 12.8 Å².